The molecule has 0 saturated carbocycles. The molecular weight excluding hydrogens is 394 g/mol. The van der Waals surface area contributed by atoms with E-state index < -0.39 is 0 Å². The quantitative estimate of drug-likeness (QED) is 0.621. The summed E-state index contributed by atoms with van der Waals surface area (Å²) in [4.78, 5) is 27.5. The lowest BCUT2D eigenvalue weighted by molar-refractivity contribution is -0.714. The fourth-order valence-corrected chi connectivity index (χ4v) is 5.79. The minimum absolute atomic E-state index is 0.00787. The summed E-state index contributed by atoms with van der Waals surface area (Å²) < 4.78 is 0. The molecule has 2 heterocycles. The van der Waals surface area contributed by atoms with Gasteiger partial charge < -0.3 is 15.5 Å². The van der Waals surface area contributed by atoms with Crippen LogP contribution in [0.1, 0.15) is 75.2 Å². The Labute approximate surface area is 185 Å². The molecule has 0 aliphatic carbocycles. The number of amides is 2. The molecule has 30 heavy (non-hydrogen) atoms. The van der Waals surface area contributed by atoms with Crippen LogP contribution in [0.25, 0.3) is 0 Å². The van der Waals surface area contributed by atoms with E-state index in [2.05, 4.69) is 43.5 Å². The Morgan fingerprint density at radius 1 is 1.20 bits per heavy atom. The standard InChI is InChI=1S/C24H37N3O2S/c1-4-6-7-8-19-9-11-20(12-10-19)23(29)27-15-13-24(14-16-27)26-21(17-30-24)22(28)25-18(3)5-2/h9-12,18,21,26H,4-8,13-17H2,1-3H3,(H,25,28)/p+1/t18-,21-/m0/s1. The normalized spacial score (nSPS) is 21.6. The van der Waals surface area contributed by atoms with Gasteiger partial charge in [0.2, 0.25) is 0 Å². The molecule has 3 rings (SSSR count). The second-order valence-electron chi connectivity index (χ2n) is 8.91. The Kier molecular flexibility index (Phi) is 8.23. The molecule has 1 spiro atoms. The van der Waals surface area contributed by atoms with Gasteiger partial charge in [0.25, 0.3) is 11.8 Å². The number of carbonyl (C=O) groups excluding carboxylic acids is 2. The van der Waals surface area contributed by atoms with E-state index in [1.807, 2.05) is 28.8 Å². The van der Waals surface area contributed by atoms with Crippen molar-refractivity contribution in [3.63, 3.8) is 0 Å². The van der Waals surface area contributed by atoms with Gasteiger partial charge in [0, 0.05) is 37.5 Å². The van der Waals surface area contributed by atoms with Gasteiger partial charge in [-0.05, 0) is 43.9 Å². The number of hydrogen-bond acceptors (Lipinski definition) is 3. The largest absolute Gasteiger partial charge is 0.348 e. The zero-order valence-electron chi connectivity index (χ0n) is 18.8. The summed E-state index contributed by atoms with van der Waals surface area (Å²) in [6, 6.07) is 8.40. The summed E-state index contributed by atoms with van der Waals surface area (Å²) >= 11 is 1.90. The Morgan fingerprint density at radius 3 is 2.53 bits per heavy atom. The molecule has 1 aromatic carbocycles. The molecule has 2 atom stereocenters. The van der Waals surface area contributed by atoms with Crippen molar-refractivity contribution in [2.24, 2.45) is 0 Å². The molecular formula is C24H38N3O2S+. The highest BCUT2D eigenvalue weighted by atomic mass is 32.2. The van der Waals surface area contributed by atoms with Crippen LogP contribution in [0.2, 0.25) is 0 Å². The average Bonchev–Trinajstić information content (AvgIpc) is 3.18. The zero-order valence-corrected chi connectivity index (χ0v) is 19.6. The van der Waals surface area contributed by atoms with E-state index in [1.165, 1.54) is 24.8 Å². The average molecular weight is 433 g/mol. The highest BCUT2D eigenvalue weighted by Crippen LogP contribution is 2.34. The minimum atomic E-state index is -0.00787. The first-order chi connectivity index (χ1) is 14.5. The van der Waals surface area contributed by atoms with Crippen LogP contribution in [-0.2, 0) is 11.2 Å². The summed E-state index contributed by atoms with van der Waals surface area (Å²) in [6.07, 6.45) is 7.61. The number of nitrogens with two attached hydrogens (primary N) is 1. The van der Waals surface area contributed by atoms with Crippen LogP contribution >= 0.6 is 11.8 Å². The molecule has 2 aliphatic heterocycles. The fourth-order valence-electron chi connectivity index (χ4n) is 4.30. The third-order valence-corrected chi connectivity index (χ3v) is 8.21. The Hall–Kier alpha value is -1.53. The van der Waals surface area contributed by atoms with Crippen molar-refractivity contribution in [1.82, 2.24) is 10.2 Å². The number of piperidine rings is 1. The van der Waals surface area contributed by atoms with Crippen molar-refractivity contribution in [3.05, 3.63) is 35.4 Å². The smallest absolute Gasteiger partial charge is 0.279 e. The summed E-state index contributed by atoms with van der Waals surface area (Å²) in [6.45, 7) is 7.89. The monoisotopic (exact) mass is 432 g/mol. The Morgan fingerprint density at radius 2 is 1.90 bits per heavy atom. The maximum Gasteiger partial charge on any atom is 0.279 e. The molecule has 1 aromatic rings. The summed E-state index contributed by atoms with van der Waals surface area (Å²) in [5.74, 6) is 1.15. The van der Waals surface area contributed by atoms with Gasteiger partial charge in [0.05, 0.1) is 5.75 Å². The van der Waals surface area contributed by atoms with Gasteiger partial charge >= 0.3 is 0 Å². The third kappa shape index (κ3) is 5.79. The summed E-state index contributed by atoms with van der Waals surface area (Å²) in [7, 11) is 0. The second-order valence-corrected chi connectivity index (χ2v) is 10.3. The van der Waals surface area contributed by atoms with Crippen molar-refractivity contribution in [2.45, 2.75) is 82.7 Å². The van der Waals surface area contributed by atoms with E-state index >= 15 is 0 Å². The molecule has 0 radical (unpaired) electrons. The highest BCUT2D eigenvalue weighted by molar-refractivity contribution is 8.00. The van der Waals surface area contributed by atoms with E-state index in [0.717, 1.165) is 50.1 Å². The Bertz CT molecular complexity index is 714. The topological polar surface area (TPSA) is 66.0 Å². The van der Waals surface area contributed by atoms with E-state index in [4.69, 9.17) is 0 Å². The number of hydrogen-bond donors (Lipinski definition) is 2. The SMILES string of the molecule is CCCCCc1ccc(C(=O)N2CCC3(CC2)[NH2+][C@H](C(=O)N[C@@H](C)CC)CS3)cc1. The number of nitrogens with one attached hydrogen (secondary N) is 1. The molecule has 2 amide bonds. The number of unbranched alkanes of at least 4 members (excludes halogenated alkanes) is 2. The molecule has 0 aromatic heterocycles. The number of nitrogens with zero attached hydrogens (tertiary/aromatic N) is 1. The van der Waals surface area contributed by atoms with Gasteiger partial charge in [-0.2, -0.15) is 0 Å². The van der Waals surface area contributed by atoms with Crippen LogP contribution < -0.4 is 10.6 Å². The van der Waals surface area contributed by atoms with E-state index in [1.54, 1.807) is 0 Å². The van der Waals surface area contributed by atoms with Gasteiger partial charge in [0.1, 0.15) is 4.87 Å². The van der Waals surface area contributed by atoms with E-state index in [9.17, 15) is 9.59 Å². The highest BCUT2D eigenvalue weighted by Gasteiger charge is 2.48. The number of carbonyl (C=O) groups is 2. The third-order valence-electron chi connectivity index (χ3n) is 6.56. The second kappa shape index (κ2) is 10.7. The van der Waals surface area contributed by atoms with Gasteiger partial charge in [-0.25, -0.2) is 0 Å². The van der Waals surface area contributed by atoms with Crippen molar-refractivity contribution < 1.29 is 14.9 Å². The number of thioether (sulfide) groups is 1. The van der Waals surface area contributed by atoms with Crippen LogP contribution in [0.15, 0.2) is 24.3 Å². The summed E-state index contributed by atoms with van der Waals surface area (Å²) in [5.41, 5.74) is 2.11. The maximum absolute atomic E-state index is 12.9. The minimum Gasteiger partial charge on any atom is -0.348 e. The van der Waals surface area contributed by atoms with Gasteiger partial charge in [0.15, 0.2) is 6.04 Å². The van der Waals surface area contributed by atoms with Crippen molar-refractivity contribution in [2.75, 3.05) is 18.8 Å². The maximum atomic E-state index is 12.9. The predicted molar refractivity (Wildman–Crippen MR) is 124 cm³/mol. The molecule has 166 valence electrons. The number of aryl methyl sites for hydroxylation is 1. The van der Waals surface area contributed by atoms with E-state index in [-0.39, 0.29) is 28.8 Å². The molecule has 0 bridgehead atoms. The first kappa shape index (κ1) is 23.1. The van der Waals surface area contributed by atoms with Crippen molar-refractivity contribution in [1.29, 1.82) is 0 Å². The lowest BCUT2D eigenvalue weighted by Crippen LogP contribution is -3.00. The molecule has 6 heteroatoms. The van der Waals surface area contributed by atoms with Gasteiger partial charge in [-0.1, -0.05) is 50.6 Å². The van der Waals surface area contributed by atoms with Crippen LogP contribution in [0, 0.1) is 0 Å². The lowest BCUT2D eigenvalue weighted by Gasteiger charge is -2.36. The number of rotatable bonds is 8. The van der Waals surface area contributed by atoms with Crippen molar-refractivity contribution >= 4 is 23.6 Å². The van der Waals surface area contributed by atoms with E-state index in [0.29, 0.717) is 0 Å². The molecule has 3 N–H and O–H groups in total. The zero-order chi connectivity index (χ0) is 21.6. The van der Waals surface area contributed by atoms with Crippen LogP contribution in [0.4, 0.5) is 0 Å². The molecule has 0 unspecified atom stereocenters. The lowest BCUT2D eigenvalue weighted by atomic mass is 10.0. The predicted octanol–water partition coefficient (Wildman–Crippen LogP) is 2.95. The van der Waals surface area contributed by atoms with Crippen LogP contribution in [0.5, 0.6) is 0 Å². The van der Waals surface area contributed by atoms with Crippen LogP contribution in [-0.4, -0.2) is 52.5 Å². The fraction of sp³-hybridized carbons (Fsp3) is 0.667. The molecule has 2 saturated heterocycles. The number of quaternary nitrogens is 1. The van der Waals surface area contributed by atoms with Crippen molar-refractivity contribution in [3.8, 4) is 0 Å². The molecule has 2 aliphatic rings. The van der Waals surface area contributed by atoms with Gasteiger partial charge in [-0.15, -0.1) is 0 Å². The molecule has 5 nitrogen and oxygen atoms in total. The number of likely N-dealkylation sites (tertiary alicyclic amines) is 1. The first-order valence-corrected chi connectivity index (χ1v) is 12.6. The number of benzene rings is 1. The Balaban J connectivity index is 1.49. The first-order valence-electron chi connectivity index (χ1n) is 11.6. The molecule has 2 fully saturated rings. The summed E-state index contributed by atoms with van der Waals surface area (Å²) in [5, 5.41) is 5.38. The van der Waals surface area contributed by atoms with Gasteiger partial charge in [-0.3, -0.25) is 9.59 Å². The van der Waals surface area contributed by atoms with Crippen LogP contribution in [0.3, 0.4) is 0 Å².